The summed E-state index contributed by atoms with van der Waals surface area (Å²) < 4.78 is 36.6. The lowest BCUT2D eigenvalue weighted by atomic mass is 10.0. The summed E-state index contributed by atoms with van der Waals surface area (Å²) in [6, 6.07) is 2.02. The lowest BCUT2D eigenvalue weighted by Crippen LogP contribution is -2.19. The molecule has 0 fully saturated rings. The smallest absolute Gasteiger partial charge is 0.339 e. The Hall–Kier alpha value is -1.85. The van der Waals surface area contributed by atoms with Crippen LogP contribution in [0.1, 0.15) is 22.8 Å². The monoisotopic (exact) mass is 244 g/mol. The van der Waals surface area contributed by atoms with E-state index >= 15 is 0 Å². The number of ether oxygens (including phenoxy) is 2. The van der Waals surface area contributed by atoms with Crippen molar-refractivity contribution in [2.75, 3.05) is 13.2 Å². The molecule has 0 saturated heterocycles. The van der Waals surface area contributed by atoms with Crippen LogP contribution in [0.3, 0.4) is 0 Å². The molecule has 2 rings (SSSR count). The van der Waals surface area contributed by atoms with Gasteiger partial charge < -0.3 is 14.6 Å². The molecule has 1 aliphatic heterocycles. The maximum atomic E-state index is 13.2. The van der Waals surface area contributed by atoms with Gasteiger partial charge in [0.25, 0.3) is 5.92 Å². The second-order valence-electron chi connectivity index (χ2n) is 3.74. The summed E-state index contributed by atoms with van der Waals surface area (Å²) in [7, 11) is 0. The fraction of sp³-hybridized carbons (Fsp3) is 0.364. The second-order valence-corrected chi connectivity index (χ2v) is 3.74. The molecule has 1 aliphatic rings. The summed E-state index contributed by atoms with van der Waals surface area (Å²) in [5.41, 5.74) is -0.710. The van der Waals surface area contributed by atoms with Crippen LogP contribution in [0.5, 0.6) is 11.5 Å². The molecule has 17 heavy (non-hydrogen) atoms. The zero-order valence-electron chi connectivity index (χ0n) is 9.00. The van der Waals surface area contributed by atoms with Gasteiger partial charge >= 0.3 is 5.97 Å². The minimum absolute atomic E-state index is 0.0109. The third-order valence-corrected chi connectivity index (χ3v) is 2.38. The molecular weight excluding hydrogens is 234 g/mol. The Balaban J connectivity index is 2.60. The fourth-order valence-corrected chi connectivity index (χ4v) is 1.57. The number of halogens is 2. The van der Waals surface area contributed by atoms with Crippen LogP contribution < -0.4 is 9.47 Å². The molecule has 92 valence electrons. The number of rotatable bonds is 2. The van der Waals surface area contributed by atoms with Crippen molar-refractivity contribution in [1.82, 2.24) is 0 Å². The third kappa shape index (κ3) is 2.15. The van der Waals surface area contributed by atoms with Gasteiger partial charge in [0, 0.05) is 12.5 Å². The van der Waals surface area contributed by atoms with E-state index in [-0.39, 0.29) is 30.3 Å². The highest BCUT2D eigenvalue weighted by atomic mass is 19.3. The lowest BCUT2D eigenvalue weighted by molar-refractivity contribution is 0.0168. The van der Waals surface area contributed by atoms with E-state index in [0.717, 1.165) is 12.1 Å². The van der Waals surface area contributed by atoms with Crippen molar-refractivity contribution in [3.05, 3.63) is 23.3 Å². The average molecular weight is 244 g/mol. The normalized spacial score (nSPS) is 14.5. The molecule has 0 atom stereocenters. The van der Waals surface area contributed by atoms with E-state index in [1.807, 2.05) is 0 Å². The molecule has 0 aromatic heterocycles. The van der Waals surface area contributed by atoms with Crippen LogP contribution >= 0.6 is 0 Å². The molecule has 1 aromatic carbocycles. The predicted molar refractivity (Wildman–Crippen MR) is 54.0 cm³/mol. The van der Waals surface area contributed by atoms with Crippen molar-refractivity contribution in [1.29, 1.82) is 0 Å². The van der Waals surface area contributed by atoms with Crippen molar-refractivity contribution in [3.8, 4) is 11.5 Å². The first-order valence-corrected chi connectivity index (χ1v) is 4.95. The largest absolute Gasteiger partial charge is 0.486 e. The van der Waals surface area contributed by atoms with Crippen molar-refractivity contribution in [2.24, 2.45) is 0 Å². The van der Waals surface area contributed by atoms with Crippen LogP contribution in [-0.4, -0.2) is 24.3 Å². The Morgan fingerprint density at radius 2 is 2.00 bits per heavy atom. The molecule has 6 heteroatoms. The number of hydrogen-bond acceptors (Lipinski definition) is 3. The van der Waals surface area contributed by atoms with Gasteiger partial charge in [0.15, 0.2) is 11.5 Å². The molecule has 0 saturated carbocycles. The number of fused-ring (bicyclic) bond motifs is 1. The first-order valence-electron chi connectivity index (χ1n) is 4.95. The summed E-state index contributed by atoms with van der Waals surface area (Å²) in [6.45, 7) is 1.12. The van der Waals surface area contributed by atoms with E-state index in [1.54, 1.807) is 0 Å². The molecule has 0 aliphatic carbocycles. The van der Waals surface area contributed by atoms with Gasteiger partial charge in [0.05, 0.1) is 0 Å². The minimum atomic E-state index is -3.12. The Morgan fingerprint density at radius 1 is 1.35 bits per heavy atom. The number of aromatic carboxylic acids is 1. The number of hydrogen-bond donors (Lipinski definition) is 1. The van der Waals surface area contributed by atoms with Gasteiger partial charge in [-0.1, -0.05) is 0 Å². The van der Waals surface area contributed by atoms with Crippen molar-refractivity contribution >= 4 is 5.97 Å². The highest BCUT2D eigenvalue weighted by Gasteiger charge is 2.30. The Kier molecular flexibility index (Phi) is 2.65. The van der Waals surface area contributed by atoms with E-state index in [2.05, 4.69) is 0 Å². The van der Waals surface area contributed by atoms with E-state index in [0.29, 0.717) is 6.92 Å². The Morgan fingerprint density at radius 3 is 2.59 bits per heavy atom. The van der Waals surface area contributed by atoms with Crippen LogP contribution in [0.2, 0.25) is 0 Å². The van der Waals surface area contributed by atoms with Gasteiger partial charge in [-0.3, -0.25) is 0 Å². The number of carbonyl (C=O) groups is 1. The standard InChI is InChI=1S/C11H10F2O4/c1-11(12,13)6-4-7(10(14)15)9-8(5-6)16-2-3-17-9/h4-5H,2-3H2,1H3,(H,14,15). The van der Waals surface area contributed by atoms with Gasteiger partial charge in [-0.2, -0.15) is 0 Å². The summed E-state index contributed by atoms with van der Waals surface area (Å²) >= 11 is 0. The molecule has 1 heterocycles. The zero-order chi connectivity index (χ0) is 12.6. The quantitative estimate of drug-likeness (QED) is 0.867. The first-order chi connectivity index (χ1) is 7.89. The Bertz CT molecular complexity index is 465. The number of carboxylic acid groups (broad SMARTS) is 1. The molecule has 0 bridgehead atoms. The highest BCUT2D eigenvalue weighted by Crippen LogP contribution is 2.39. The summed E-state index contributed by atoms with van der Waals surface area (Å²) in [4.78, 5) is 11.0. The Labute approximate surface area is 95.8 Å². The minimum Gasteiger partial charge on any atom is -0.486 e. The van der Waals surface area contributed by atoms with Crippen LogP contribution in [0.4, 0.5) is 8.78 Å². The molecular formula is C11H10F2O4. The second kappa shape index (κ2) is 3.87. The van der Waals surface area contributed by atoms with Gasteiger partial charge in [0.1, 0.15) is 18.8 Å². The van der Waals surface area contributed by atoms with E-state index in [4.69, 9.17) is 14.6 Å². The van der Waals surface area contributed by atoms with Crippen molar-refractivity contribution in [2.45, 2.75) is 12.8 Å². The fourth-order valence-electron chi connectivity index (χ4n) is 1.57. The molecule has 1 N–H and O–H groups in total. The van der Waals surface area contributed by atoms with Crippen LogP contribution in [-0.2, 0) is 5.92 Å². The molecule has 0 unspecified atom stereocenters. The maximum absolute atomic E-state index is 13.2. The van der Waals surface area contributed by atoms with Gasteiger partial charge in [-0.25, -0.2) is 13.6 Å². The van der Waals surface area contributed by atoms with Crippen LogP contribution in [0.25, 0.3) is 0 Å². The summed E-state index contributed by atoms with van der Waals surface area (Å²) in [6.07, 6.45) is 0. The molecule has 0 spiro atoms. The lowest BCUT2D eigenvalue weighted by Gasteiger charge is -2.22. The molecule has 0 radical (unpaired) electrons. The molecule has 1 aromatic rings. The maximum Gasteiger partial charge on any atom is 0.339 e. The first kappa shape index (κ1) is 11.6. The number of benzene rings is 1. The zero-order valence-corrected chi connectivity index (χ0v) is 9.00. The molecule has 4 nitrogen and oxygen atoms in total. The predicted octanol–water partition coefficient (Wildman–Crippen LogP) is 2.27. The summed E-state index contributed by atoms with van der Waals surface area (Å²) in [5, 5.41) is 8.95. The van der Waals surface area contributed by atoms with E-state index in [9.17, 15) is 13.6 Å². The van der Waals surface area contributed by atoms with Crippen LogP contribution in [0.15, 0.2) is 12.1 Å². The average Bonchev–Trinajstić information content (AvgIpc) is 2.26. The third-order valence-electron chi connectivity index (χ3n) is 2.38. The molecule has 0 amide bonds. The van der Waals surface area contributed by atoms with Crippen molar-refractivity contribution in [3.63, 3.8) is 0 Å². The van der Waals surface area contributed by atoms with Gasteiger partial charge in [-0.05, 0) is 12.1 Å². The summed E-state index contributed by atoms with van der Waals surface area (Å²) in [5.74, 6) is -4.39. The van der Waals surface area contributed by atoms with Crippen LogP contribution in [0, 0.1) is 0 Å². The van der Waals surface area contributed by atoms with Gasteiger partial charge in [-0.15, -0.1) is 0 Å². The van der Waals surface area contributed by atoms with Crippen molar-refractivity contribution < 1.29 is 28.2 Å². The van der Waals surface area contributed by atoms with Gasteiger partial charge in [0.2, 0.25) is 0 Å². The number of alkyl halides is 2. The topological polar surface area (TPSA) is 55.8 Å². The van der Waals surface area contributed by atoms with E-state index < -0.39 is 17.5 Å². The highest BCUT2D eigenvalue weighted by molar-refractivity contribution is 5.92. The van der Waals surface area contributed by atoms with E-state index in [1.165, 1.54) is 0 Å². The number of carboxylic acids is 1. The SMILES string of the molecule is CC(F)(F)c1cc2c(c(C(=O)O)c1)OCCO2.